The van der Waals surface area contributed by atoms with Crippen LogP contribution in [0.25, 0.3) is 0 Å². The van der Waals surface area contributed by atoms with Gasteiger partial charge in [0, 0.05) is 5.69 Å². The fourth-order valence-corrected chi connectivity index (χ4v) is 1.56. The summed E-state index contributed by atoms with van der Waals surface area (Å²) in [6, 6.07) is 8.45. The largest absolute Gasteiger partial charge is 0.466 e. The average molecular weight is 265 g/mol. The highest BCUT2D eigenvalue weighted by molar-refractivity contribution is 5.85. The molecule has 5 heteroatoms. The fraction of sp³-hybridized carbons (Fsp3) is 0.429. The van der Waals surface area contributed by atoms with Gasteiger partial charge in [-0.2, -0.15) is 0 Å². The van der Waals surface area contributed by atoms with Crippen LogP contribution in [0.4, 0.5) is 5.69 Å². The van der Waals surface area contributed by atoms with Gasteiger partial charge in [0.25, 0.3) is 0 Å². The molecule has 0 radical (unpaired) electrons. The maximum absolute atomic E-state index is 11.8. The van der Waals surface area contributed by atoms with Crippen LogP contribution in [0.1, 0.15) is 20.3 Å². The first kappa shape index (κ1) is 15.0. The Morgan fingerprint density at radius 3 is 2.32 bits per heavy atom. The summed E-state index contributed by atoms with van der Waals surface area (Å²) >= 11 is 0. The van der Waals surface area contributed by atoms with Crippen LogP contribution in [0.5, 0.6) is 0 Å². The average Bonchev–Trinajstić information content (AvgIpc) is 2.40. The minimum Gasteiger partial charge on any atom is -0.466 e. The molecule has 0 bridgehead atoms. The van der Waals surface area contributed by atoms with Crippen molar-refractivity contribution in [1.29, 1.82) is 0 Å². The lowest BCUT2D eigenvalue weighted by Crippen LogP contribution is -2.34. The van der Waals surface area contributed by atoms with Gasteiger partial charge in [-0.15, -0.1) is 0 Å². The van der Waals surface area contributed by atoms with Crippen molar-refractivity contribution in [2.45, 2.75) is 26.3 Å². The van der Waals surface area contributed by atoms with Crippen LogP contribution in [0, 0.1) is 0 Å². The molecule has 0 unspecified atom stereocenters. The molecule has 1 aromatic rings. The summed E-state index contributed by atoms with van der Waals surface area (Å²) in [6.45, 7) is 4.01. The predicted molar refractivity (Wildman–Crippen MR) is 71.7 cm³/mol. The van der Waals surface area contributed by atoms with E-state index in [-0.39, 0.29) is 13.0 Å². The Balaban J connectivity index is 2.69. The lowest BCUT2D eigenvalue weighted by molar-refractivity contribution is -0.150. The molecule has 0 spiro atoms. The predicted octanol–water partition coefficient (Wildman–Crippen LogP) is 1.98. The number of benzene rings is 1. The second kappa shape index (κ2) is 8.13. The highest BCUT2D eigenvalue weighted by Gasteiger charge is 2.23. The number of nitrogens with one attached hydrogen (secondary N) is 1. The second-order valence-electron chi connectivity index (χ2n) is 3.82. The first-order valence-electron chi connectivity index (χ1n) is 6.31. The molecule has 1 aromatic carbocycles. The molecule has 104 valence electrons. The summed E-state index contributed by atoms with van der Waals surface area (Å²) in [5.41, 5.74) is 0.754. The third-order valence-corrected chi connectivity index (χ3v) is 2.36. The molecule has 0 aliphatic rings. The number of esters is 2. The van der Waals surface area contributed by atoms with Crippen LogP contribution in [0.15, 0.2) is 30.3 Å². The van der Waals surface area contributed by atoms with Crippen molar-refractivity contribution in [3.05, 3.63) is 30.3 Å². The smallest absolute Gasteiger partial charge is 0.329 e. The zero-order valence-corrected chi connectivity index (χ0v) is 11.2. The number of hydrogen-bond donors (Lipinski definition) is 1. The Labute approximate surface area is 112 Å². The van der Waals surface area contributed by atoms with Crippen LogP contribution in [-0.4, -0.2) is 31.2 Å². The lowest BCUT2D eigenvalue weighted by atomic mass is 10.2. The monoisotopic (exact) mass is 265 g/mol. The maximum atomic E-state index is 11.8. The zero-order chi connectivity index (χ0) is 14.1. The van der Waals surface area contributed by atoms with E-state index < -0.39 is 18.0 Å². The minimum absolute atomic E-state index is 0.0540. The quantitative estimate of drug-likeness (QED) is 0.764. The molecule has 0 aliphatic heterocycles. The van der Waals surface area contributed by atoms with Gasteiger partial charge in [0.2, 0.25) is 0 Å². The van der Waals surface area contributed by atoms with E-state index in [0.717, 1.165) is 5.69 Å². The molecule has 0 saturated carbocycles. The van der Waals surface area contributed by atoms with Gasteiger partial charge in [-0.3, -0.25) is 4.79 Å². The van der Waals surface area contributed by atoms with Gasteiger partial charge in [-0.1, -0.05) is 18.2 Å². The van der Waals surface area contributed by atoms with Gasteiger partial charge in [-0.05, 0) is 26.0 Å². The number of carbonyl (C=O) groups is 2. The van der Waals surface area contributed by atoms with E-state index >= 15 is 0 Å². The molecule has 0 amide bonds. The molecule has 0 saturated heterocycles. The molecule has 0 aliphatic carbocycles. The number of hydrogen-bond acceptors (Lipinski definition) is 5. The summed E-state index contributed by atoms with van der Waals surface area (Å²) in [6.07, 6.45) is -0.0540. The zero-order valence-electron chi connectivity index (χ0n) is 11.2. The van der Waals surface area contributed by atoms with Gasteiger partial charge in [0.15, 0.2) is 0 Å². The summed E-state index contributed by atoms with van der Waals surface area (Å²) in [7, 11) is 0. The molecular formula is C14H19NO4. The Kier molecular flexibility index (Phi) is 6.43. The number of carbonyl (C=O) groups excluding carboxylic acids is 2. The van der Waals surface area contributed by atoms with E-state index in [1.165, 1.54) is 0 Å². The third-order valence-electron chi connectivity index (χ3n) is 2.36. The van der Waals surface area contributed by atoms with Crippen molar-refractivity contribution in [1.82, 2.24) is 0 Å². The van der Waals surface area contributed by atoms with E-state index in [4.69, 9.17) is 9.47 Å². The van der Waals surface area contributed by atoms with Crippen LogP contribution < -0.4 is 5.32 Å². The van der Waals surface area contributed by atoms with E-state index in [2.05, 4.69) is 5.32 Å². The molecule has 0 fully saturated rings. The molecule has 1 atom stereocenters. The van der Waals surface area contributed by atoms with Crippen molar-refractivity contribution in [2.75, 3.05) is 18.5 Å². The molecular weight excluding hydrogens is 246 g/mol. The molecule has 1 rings (SSSR count). The van der Waals surface area contributed by atoms with Gasteiger partial charge >= 0.3 is 11.9 Å². The number of anilines is 1. The van der Waals surface area contributed by atoms with Crippen molar-refractivity contribution in [3.63, 3.8) is 0 Å². The minimum atomic E-state index is -0.735. The second-order valence-corrected chi connectivity index (χ2v) is 3.82. The van der Waals surface area contributed by atoms with E-state index in [0.29, 0.717) is 6.61 Å². The van der Waals surface area contributed by atoms with Gasteiger partial charge in [-0.25, -0.2) is 4.79 Å². The lowest BCUT2D eigenvalue weighted by Gasteiger charge is -2.17. The summed E-state index contributed by atoms with van der Waals surface area (Å²) in [4.78, 5) is 23.3. The van der Waals surface area contributed by atoms with Crippen molar-refractivity contribution in [2.24, 2.45) is 0 Å². The van der Waals surface area contributed by atoms with Gasteiger partial charge < -0.3 is 14.8 Å². The molecule has 0 aromatic heterocycles. The SMILES string of the molecule is CCOC(=O)C[C@@H](Nc1ccccc1)C(=O)OCC. The Bertz CT molecular complexity index is 405. The van der Waals surface area contributed by atoms with Crippen molar-refractivity contribution < 1.29 is 19.1 Å². The van der Waals surface area contributed by atoms with Crippen LogP contribution in [0.3, 0.4) is 0 Å². The highest BCUT2D eigenvalue weighted by atomic mass is 16.5. The van der Waals surface area contributed by atoms with Crippen LogP contribution in [-0.2, 0) is 19.1 Å². The van der Waals surface area contributed by atoms with Crippen LogP contribution in [0.2, 0.25) is 0 Å². The Hall–Kier alpha value is -2.04. The number of ether oxygens (including phenoxy) is 2. The maximum Gasteiger partial charge on any atom is 0.329 e. The topological polar surface area (TPSA) is 64.6 Å². The fourth-order valence-electron chi connectivity index (χ4n) is 1.56. The first-order chi connectivity index (χ1) is 9.17. The molecule has 0 heterocycles. The van der Waals surface area contributed by atoms with Crippen molar-refractivity contribution >= 4 is 17.6 Å². The van der Waals surface area contributed by atoms with E-state index in [1.807, 2.05) is 30.3 Å². The van der Waals surface area contributed by atoms with Gasteiger partial charge in [0.05, 0.1) is 19.6 Å². The summed E-state index contributed by atoms with van der Waals surface area (Å²) < 4.78 is 9.80. The first-order valence-corrected chi connectivity index (χ1v) is 6.31. The number of rotatable bonds is 7. The van der Waals surface area contributed by atoms with E-state index in [1.54, 1.807) is 13.8 Å². The van der Waals surface area contributed by atoms with Crippen LogP contribution >= 0.6 is 0 Å². The Morgan fingerprint density at radius 2 is 1.74 bits per heavy atom. The molecule has 19 heavy (non-hydrogen) atoms. The van der Waals surface area contributed by atoms with Gasteiger partial charge in [0.1, 0.15) is 6.04 Å². The molecule has 1 N–H and O–H groups in total. The summed E-state index contributed by atoms with van der Waals surface area (Å²) in [5.74, 6) is -0.886. The third kappa shape index (κ3) is 5.42. The van der Waals surface area contributed by atoms with E-state index in [9.17, 15) is 9.59 Å². The molecule has 5 nitrogen and oxygen atoms in total. The highest BCUT2D eigenvalue weighted by Crippen LogP contribution is 2.10. The number of para-hydroxylation sites is 1. The Morgan fingerprint density at radius 1 is 1.11 bits per heavy atom. The summed E-state index contributed by atoms with van der Waals surface area (Å²) in [5, 5.41) is 2.98. The standard InChI is InChI=1S/C14H19NO4/c1-3-18-13(16)10-12(14(17)19-4-2)15-11-8-6-5-7-9-11/h5-9,12,15H,3-4,10H2,1-2H3/t12-/m1/s1. The van der Waals surface area contributed by atoms with Crippen molar-refractivity contribution in [3.8, 4) is 0 Å². The normalized spacial score (nSPS) is 11.5.